The number of nitrogens with zero attached hydrogens (tertiary/aromatic N) is 3. The zero-order valence-electron chi connectivity index (χ0n) is 16.1. The van der Waals surface area contributed by atoms with Gasteiger partial charge in [-0.05, 0) is 25.3 Å². The van der Waals surface area contributed by atoms with E-state index in [9.17, 15) is 35.2 Å². The molecular weight excluding hydrogens is 449 g/mol. The molecule has 1 fully saturated rings. The fraction of sp³-hybridized carbons (Fsp3) is 0.471. The average Bonchev–Trinajstić information content (AvgIpc) is 3.13. The van der Waals surface area contributed by atoms with E-state index in [-0.39, 0.29) is 25.1 Å². The van der Waals surface area contributed by atoms with Crippen molar-refractivity contribution in [1.82, 2.24) is 14.8 Å². The fourth-order valence-corrected chi connectivity index (χ4v) is 4.01. The number of alkyl halides is 5. The summed E-state index contributed by atoms with van der Waals surface area (Å²) in [5.41, 5.74) is -2.33. The number of anilines is 1. The molecule has 0 aromatic carbocycles. The van der Waals surface area contributed by atoms with Crippen LogP contribution in [-0.2, 0) is 22.7 Å². The Balaban J connectivity index is 1.95. The van der Waals surface area contributed by atoms with Crippen molar-refractivity contribution < 1.29 is 35.2 Å². The normalized spacial score (nSPS) is 18.9. The van der Waals surface area contributed by atoms with Gasteiger partial charge < -0.3 is 5.32 Å². The van der Waals surface area contributed by atoms with Crippen LogP contribution in [0.4, 0.5) is 27.6 Å². The van der Waals surface area contributed by atoms with Crippen LogP contribution in [0.3, 0.4) is 0 Å². The Morgan fingerprint density at radius 2 is 2.06 bits per heavy atom. The molecule has 0 bridgehead atoms. The molecule has 170 valence electrons. The summed E-state index contributed by atoms with van der Waals surface area (Å²) in [6.07, 6.45) is -4.64. The summed E-state index contributed by atoms with van der Waals surface area (Å²) in [6.45, 7) is 0.751. The van der Waals surface area contributed by atoms with Crippen LogP contribution in [-0.4, -0.2) is 35.0 Å². The Kier molecular flexibility index (Phi) is 5.82. The van der Waals surface area contributed by atoms with Crippen molar-refractivity contribution in [3.05, 3.63) is 35.3 Å². The Morgan fingerprint density at radius 1 is 1.39 bits per heavy atom. The summed E-state index contributed by atoms with van der Waals surface area (Å²) >= 11 is 0. The van der Waals surface area contributed by atoms with E-state index >= 15 is 0 Å². The maximum absolute atomic E-state index is 13.5. The predicted molar refractivity (Wildman–Crippen MR) is 97.8 cm³/mol. The third-order valence-electron chi connectivity index (χ3n) is 4.89. The lowest BCUT2D eigenvalue weighted by atomic mass is 10.1. The molecule has 0 aliphatic heterocycles. The molecule has 0 unspecified atom stereocenters. The van der Waals surface area contributed by atoms with Crippen LogP contribution in [0.2, 0.25) is 0 Å². The Bertz CT molecular complexity index is 1110. The second kappa shape index (κ2) is 7.82. The highest BCUT2D eigenvalue weighted by Gasteiger charge is 2.42. The molecular formula is C17H18F5N5O3S. The Morgan fingerprint density at radius 3 is 2.61 bits per heavy atom. The lowest BCUT2D eigenvalue weighted by Crippen LogP contribution is -2.22. The quantitative estimate of drug-likeness (QED) is 0.656. The first-order valence-corrected chi connectivity index (χ1v) is 10.5. The van der Waals surface area contributed by atoms with Gasteiger partial charge in [-0.25, -0.2) is 27.3 Å². The number of aromatic nitrogens is 3. The van der Waals surface area contributed by atoms with Gasteiger partial charge >= 0.3 is 6.18 Å². The highest BCUT2D eigenvalue weighted by Crippen LogP contribution is 2.40. The summed E-state index contributed by atoms with van der Waals surface area (Å²) < 4.78 is 90.6. The number of carbonyl (C=O) groups is 1. The third-order valence-corrected chi connectivity index (χ3v) is 5.70. The van der Waals surface area contributed by atoms with Crippen molar-refractivity contribution in [2.75, 3.05) is 5.32 Å². The van der Waals surface area contributed by atoms with Crippen LogP contribution in [0.25, 0.3) is 0 Å². The number of rotatable bonds is 5. The first kappa shape index (κ1) is 23.1. The number of halogens is 5. The number of amides is 1. The predicted octanol–water partition coefficient (Wildman–Crippen LogP) is 2.94. The zero-order valence-corrected chi connectivity index (χ0v) is 16.9. The Labute approximate surface area is 173 Å². The molecule has 1 aliphatic rings. The summed E-state index contributed by atoms with van der Waals surface area (Å²) in [6, 6.07) is 2.15. The molecule has 2 heterocycles. The minimum atomic E-state index is -4.86. The number of nitrogens with one attached hydrogen (secondary N) is 1. The zero-order chi connectivity index (χ0) is 23.2. The molecule has 1 saturated carbocycles. The van der Waals surface area contributed by atoms with Crippen molar-refractivity contribution in [2.45, 2.75) is 49.9 Å². The van der Waals surface area contributed by atoms with Crippen molar-refractivity contribution in [3.8, 4) is 0 Å². The van der Waals surface area contributed by atoms with Gasteiger partial charge in [0.15, 0.2) is 10.7 Å². The molecule has 3 N–H and O–H groups in total. The van der Waals surface area contributed by atoms with E-state index in [4.69, 9.17) is 5.14 Å². The number of primary sulfonamides is 1. The van der Waals surface area contributed by atoms with E-state index in [0.717, 1.165) is 23.9 Å². The van der Waals surface area contributed by atoms with Crippen molar-refractivity contribution in [1.29, 1.82) is 0 Å². The van der Waals surface area contributed by atoms with E-state index in [0.29, 0.717) is 0 Å². The van der Waals surface area contributed by atoms with Crippen LogP contribution in [0, 0.1) is 12.8 Å². The molecule has 2 aromatic rings. The molecule has 0 saturated heterocycles. The SMILES string of the molecule is Cc1c(C(F)(F)F)nn(C[C@@H]2CCC(F)(F)C2)c1C(=O)Nc1ccnc(S(N)(=O)=O)c1. The van der Waals surface area contributed by atoms with Gasteiger partial charge in [-0.3, -0.25) is 9.48 Å². The van der Waals surface area contributed by atoms with Gasteiger partial charge in [0, 0.05) is 42.9 Å². The van der Waals surface area contributed by atoms with E-state index in [1.807, 2.05) is 0 Å². The smallest absolute Gasteiger partial charge is 0.321 e. The first-order chi connectivity index (χ1) is 14.2. The molecule has 1 atom stereocenters. The Hall–Kier alpha value is -2.61. The molecule has 0 spiro atoms. The number of sulfonamides is 1. The second-order valence-corrected chi connectivity index (χ2v) is 8.86. The number of hydrogen-bond acceptors (Lipinski definition) is 5. The van der Waals surface area contributed by atoms with Gasteiger partial charge in [-0.15, -0.1) is 0 Å². The lowest BCUT2D eigenvalue weighted by Gasteiger charge is -2.14. The van der Waals surface area contributed by atoms with Gasteiger partial charge in [0.05, 0.1) is 0 Å². The second-order valence-electron chi connectivity index (χ2n) is 7.35. The van der Waals surface area contributed by atoms with Gasteiger partial charge in [-0.2, -0.15) is 18.3 Å². The number of nitrogens with two attached hydrogens (primary N) is 1. The summed E-state index contributed by atoms with van der Waals surface area (Å²) in [5, 5.41) is 10.2. The summed E-state index contributed by atoms with van der Waals surface area (Å²) in [5.74, 6) is -4.59. The monoisotopic (exact) mass is 467 g/mol. The molecule has 2 aromatic heterocycles. The molecule has 14 heteroatoms. The van der Waals surface area contributed by atoms with Crippen LogP contribution < -0.4 is 10.5 Å². The van der Waals surface area contributed by atoms with Crippen LogP contribution in [0.5, 0.6) is 0 Å². The molecule has 31 heavy (non-hydrogen) atoms. The minimum Gasteiger partial charge on any atom is -0.321 e. The van der Waals surface area contributed by atoms with E-state index in [1.54, 1.807) is 0 Å². The average molecular weight is 467 g/mol. The molecule has 8 nitrogen and oxygen atoms in total. The summed E-state index contributed by atoms with van der Waals surface area (Å²) in [4.78, 5) is 16.3. The van der Waals surface area contributed by atoms with Crippen LogP contribution >= 0.6 is 0 Å². The standard InChI is InChI=1S/C17H18F5N5O3S/c1-9-13(15(28)25-11-3-5-24-12(6-11)31(23,29)30)27(26-14(9)17(20,21)22)8-10-2-4-16(18,19)7-10/h3,5-6,10H,2,4,7-8H2,1H3,(H2,23,29,30)(H,24,25,28)/t10-/m1/s1. The van der Waals surface area contributed by atoms with E-state index in [2.05, 4.69) is 15.4 Å². The van der Waals surface area contributed by atoms with Crippen molar-refractivity contribution >= 4 is 21.6 Å². The number of carbonyl (C=O) groups excluding carboxylic acids is 1. The van der Waals surface area contributed by atoms with Crippen molar-refractivity contribution in [2.24, 2.45) is 11.1 Å². The largest absolute Gasteiger partial charge is 0.435 e. The van der Waals surface area contributed by atoms with Gasteiger partial charge in [0.25, 0.3) is 15.9 Å². The number of pyridine rings is 1. The highest BCUT2D eigenvalue weighted by molar-refractivity contribution is 7.89. The fourth-order valence-electron chi connectivity index (χ4n) is 3.52. The van der Waals surface area contributed by atoms with Gasteiger partial charge in [0.2, 0.25) is 5.92 Å². The number of hydrogen-bond donors (Lipinski definition) is 2. The van der Waals surface area contributed by atoms with Gasteiger partial charge in [0.1, 0.15) is 5.69 Å². The molecule has 1 aliphatic carbocycles. The molecule has 0 radical (unpaired) electrons. The van der Waals surface area contributed by atoms with E-state index < -0.39 is 62.3 Å². The topological polar surface area (TPSA) is 120 Å². The molecule has 1 amide bonds. The third kappa shape index (κ3) is 5.18. The van der Waals surface area contributed by atoms with Crippen LogP contribution in [0.15, 0.2) is 23.4 Å². The first-order valence-electron chi connectivity index (χ1n) is 9.00. The maximum Gasteiger partial charge on any atom is 0.435 e. The molecule has 3 rings (SSSR count). The lowest BCUT2D eigenvalue weighted by molar-refractivity contribution is -0.142. The highest BCUT2D eigenvalue weighted by atomic mass is 32.2. The van der Waals surface area contributed by atoms with Gasteiger partial charge in [-0.1, -0.05) is 0 Å². The minimum absolute atomic E-state index is 0.0798. The van der Waals surface area contributed by atoms with Crippen molar-refractivity contribution in [3.63, 3.8) is 0 Å². The maximum atomic E-state index is 13.5. The summed E-state index contributed by atoms with van der Waals surface area (Å²) in [7, 11) is -4.18. The van der Waals surface area contributed by atoms with E-state index in [1.165, 1.54) is 6.07 Å². The van der Waals surface area contributed by atoms with Crippen LogP contribution in [0.1, 0.15) is 41.0 Å².